The van der Waals surface area contributed by atoms with Gasteiger partial charge in [-0.15, -0.1) is 0 Å². The summed E-state index contributed by atoms with van der Waals surface area (Å²) >= 11 is 6.11. The molecule has 1 amide bonds. The Morgan fingerprint density at radius 2 is 1.70 bits per heavy atom. The lowest BCUT2D eigenvalue weighted by molar-refractivity contribution is 0.0785. The maximum absolute atomic E-state index is 12.4. The number of nitrogens with zero attached hydrogens (tertiary/aromatic N) is 1. The molecule has 0 radical (unpaired) electrons. The first-order valence-electron chi connectivity index (χ1n) is 7.02. The molecule has 0 spiro atoms. The van der Waals surface area contributed by atoms with E-state index in [-0.39, 0.29) is 11.7 Å². The average molecular weight is 352 g/mol. The quantitative estimate of drug-likeness (QED) is 0.831. The van der Waals surface area contributed by atoms with Crippen LogP contribution in [-0.2, 0) is 22.1 Å². The van der Waals surface area contributed by atoms with Crippen LogP contribution in [0.5, 0.6) is 0 Å². The van der Waals surface area contributed by atoms with Gasteiger partial charge in [0, 0.05) is 30.4 Å². The van der Waals surface area contributed by atoms with Gasteiger partial charge in [0.25, 0.3) is 5.91 Å². The fourth-order valence-electron chi connectivity index (χ4n) is 2.22. The molecule has 0 N–H and O–H groups in total. The Morgan fingerprint density at radius 1 is 1.09 bits per heavy atom. The van der Waals surface area contributed by atoms with Crippen LogP contribution in [0.4, 0.5) is 0 Å². The molecule has 0 atom stereocenters. The van der Waals surface area contributed by atoms with E-state index in [0.29, 0.717) is 22.7 Å². The Balaban J connectivity index is 2.09. The van der Waals surface area contributed by atoms with Crippen molar-refractivity contribution in [3.05, 3.63) is 70.2 Å². The predicted molar refractivity (Wildman–Crippen MR) is 92.2 cm³/mol. The Labute approximate surface area is 141 Å². The van der Waals surface area contributed by atoms with Crippen molar-refractivity contribution in [1.29, 1.82) is 0 Å². The van der Waals surface area contributed by atoms with Crippen LogP contribution in [0.15, 0.2) is 48.5 Å². The Bertz CT molecular complexity index is 801. The highest BCUT2D eigenvalue weighted by Crippen LogP contribution is 2.18. The molecule has 0 bridgehead atoms. The van der Waals surface area contributed by atoms with Crippen molar-refractivity contribution in [2.45, 2.75) is 12.3 Å². The second-order valence-electron chi connectivity index (χ2n) is 5.52. The summed E-state index contributed by atoms with van der Waals surface area (Å²) in [6, 6.07) is 14.0. The number of hydrogen-bond donors (Lipinski definition) is 0. The first kappa shape index (κ1) is 17.5. The van der Waals surface area contributed by atoms with Crippen LogP contribution in [0.25, 0.3) is 0 Å². The number of hydrogen-bond acceptors (Lipinski definition) is 3. The van der Waals surface area contributed by atoms with E-state index < -0.39 is 9.84 Å². The summed E-state index contributed by atoms with van der Waals surface area (Å²) < 4.78 is 22.6. The second kappa shape index (κ2) is 7.15. The molecule has 0 aliphatic heterocycles. The summed E-state index contributed by atoms with van der Waals surface area (Å²) in [7, 11) is -1.38. The van der Waals surface area contributed by atoms with E-state index in [2.05, 4.69) is 0 Å². The van der Waals surface area contributed by atoms with Gasteiger partial charge in [-0.2, -0.15) is 0 Å². The van der Waals surface area contributed by atoms with Crippen molar-refractivity contribution in [2.24, 2.45) is 0 Å². The van der Waals surface area contributed by atoms with E-state index in [1.165, 1.54) is 6.26 Å². The summed E-state index contributed by atoms with van der Waals surface area (Å²) in [4.78, 5) is 14.0. The fourth-order valence-corrected chi connectivity index (χ4v) is 3.21. The van der Waals surface area contributed by atoms with E-state index >= 15 is 0 Å². The highest BCUT2D eigenvalue weighted by atomic mass is 35.5. The van der Waals surface area contributed by atoms with Crippen LogP contribution in [0, 0.1) is 0 Å². The van der Waals surface area contributed by atoms with Crippen LogP contribution >= 0.6 is 11.6 Å². The molecule has 2 rings (SSSR count). The third-order valence-corrected chi connectivity index (χ3v) is 4.57. The summed E-state index contributed by atoms with van der Waals surface area (Å²) in [5.74, 6) is -0.174. The predicted octanol–water partition coefficient (Wildman–Crippen LogP) is 3.16. The topological polar surface area (TPSA) is 54.5 Å². The lowest BCUT2D eigenvalue weighted by atomic mass is 10.1. The smallest absolute Gasteiger partial charge is 0.253 e. The number of amides is 1. The average Bonchev–Trinajstić information content (AvgIpc) is 2.48. The zero-order valence-corrected chi connectivity index (χ0v) is 14.6. The van der Waals surface area contributed by atoms with Crippen molar-refractivity contribution in [1.82, 2.24) is 4.90 Å². The van der Waals surface area contributed by atoms with Gasteiger partial charge in [-0.3, -0.25) is 4.79 Å². The summed E-state index contributed by atoms with van der Waals surface area (Å²) in [6.45, 7) is 0.406. The third-order valence-electron chi connectivity index (χ3n) is 3.34. The van der Waals surface area contributed by atoms with Gasteiger partial charge in [0.15, 0.2) is 9.84 Å². The largest absolute Gasteiger partial charge is 0.337 e. The molecule has 0 aliphatic rings. The molecule has 23 heavy (non-hydrogen) atoms. The number of halogens is 1. The monoisotopic (exact) mass is 351 g/mol. The molecular weight excluding hydrogens is 334 g/mol. The molecule has 2 aromatic rings. The molecule has 0 heterocycles. The van der Waals surface area contributed by atoms with Gasteiger partial charge in [-0.1, -0.05) is 41.9 Å². The number of carbonyl (C=O) groups excluding carboxylic acids is 1. The van der Waals surface area contributed by atoms with Crippen molar-refractivity contribution >= 4 is 27.3 Å². The first-order valence-corrected chi connectivity index (χ1v) is 9.45. The Hall–Kier alpha value is -1.85. The van der Waals surface area contributed by atoms with Crippen LogP contribution in [0.3, 0.4) is 0 Å². The molecule has 0 aliphatic carbocycles. The number of benzene rings is 2. The molecule has 6 heteroatoms. The van der Waals surface area contributed by atoms with Crippen molar-refractivity contribution < 1.29 is 13.2 Å². The van der Waals surface area contributed by atoms with Crippen molar-refractivity contribution in [2.75, 3.05) is 13.3 Å². The van der Waals surface area contributed by atoms with E-state index in [1.54, 1.807) is 42.3 Å². The minimum Gasteiger partial charge on any atom is -0.337 e. The highest BCUT2D eigenvalue weighted by Gasteiger charge is 2.14. The van der Waals surface area contributed by atoms with Crippen molar-refractivity contribution in [3.63, 3.8) is 0 Å². The minimum absolute atomic E-state index is 0.0308. The molecule has 122 valence electrons. The van der Waals surface area contributed by atoms with Gasteiger partial charge in [0.2, 0.25) is 0 Å². The Morgan fingerprint density at radius 3 is 2.26 bits per heavy atom. The molecule has 4 nitrogen and oxygen atoms in total. The summed E-state index contributed by atoms with van der Waals surface area (Å²) in [5, 5.41) is 0.621. The SMILES string of the molecule is CN(Cc1ccccc1Cl)C(=O)c1ccc(CS(C)(=O)=O)cc1. The molecular formula is C17H18ClNO3S. The van der Waals surface area contributed by atoms with Gasteiger partial charge in [0.1, 0.15) is 0 Å². The standard InChI is InChI=1S/C17H18ClNO3S/c1-19(11-15-5-3-4-6-16(15)18)17(20)14-9-7-13(8-10-14)12-23(2,21)22/h3-10H,11-12H2,1-2H3. The number of rotatable bonds is 5. The molecule has 0 saturated heterocycles. The Kier molecular flexibility index (Phi) is 5.44. The molecule has 0 aromatic heterocycles. The summed E-state index contributed by atoms with van der Waals surface area (Å²) in [5.41, 5.74) is 2.05. The molecule has 0 fully saturated rings. The molecule has 2 aromatic carbocycles. The first-order chi connectivity index (χ1) is 10.8. The third kappa shape index (κ3) is 5.08. The van der Waals surface area contributed by atoms with Gasteiger partial charge < -0.3 is 4.90 Å². The zero-order chi connectivity index (χ0) is 17.0. The lowest BCUT2D eigenvalue weighted by Gasteiger charge is -2.18. The van der Waals surface area contributed by atoms with Crippen molar-refractivity contribution in [3.8, 4) is 0 Å². The van der Waals surface area contributed by atoms with Crippen LogP contribution < -0.4 is 0 Å². The van der Waals surface area contributed by atoms with E-state index in [9.17, 15) is 13.2 Å². The van der Waals surface area contributed by atoms with E-state index in [0.717, 1.165) is 5.56 Å². The van der Waals surface area contributed by atoms with Crippen LogP contribution in [-0.4, -0.2) is 32.5 Å². The van der Waals surface area contributed by atoms with Gasteiger partial charge in [0.05, 0.1) is 5.75 Å². The normalized spacial score (nSPS) is 11.3. The fraction of sp³-hybridized carbons (Fsp3) is 0.235. The summed E-state index contributed by atoms with van der Waals surface area (Å²) in [6.07, 6.45) is 1.18. The zero-order valence-electron chi connectivity index (χ0n) is 13.0. The van der Waals surface area contributed by atoms with Crippen LogP contribution in [0.1, 0.15) is 21.5 Å². The molecule has 0 unspecified atom stereocenters. The number of sulfone groups is 1. The van der Waals surface area contributed by atoms with E-state index in [4.69, 9.17) is 11.6 Å². The second-order valence-corrected chi connectivity index (χ2v) is 8.07. The van der Waals surface area contributed by atoms with Crippen LogP contribution in [0.2, 0.25) is 5.02 Å². The maximum Gasteiger partial charge on any atom is 0.253 e. The van der Waals surface area contributed by atoms with Gasteiger partial charge >= 0.3 is 0 Å². The maximum atomic E-state index is 12.4. The minimum atomic E-state index is -3.08. The van der Waals surface area contributed by atoms with Gasteiger partial charge in [-0.05, 0) is 29.3 Å². The van der Waals surface area contributed by atoms with Gasteiger partial charge in [-0.25, -0.2) is 8.42 Å². The molecule has 0 saturated carbocycles. The number of carbonyl (C=O) groups is 1. The van der Waals surface area contributed by atoms with E-state index in [1.807, 2.05) is 18.2 Å². The lowest BCUT2D eigenvalue weighted by Crippen LogP contribution is -2.26. The highest BCUT2D eigenvalue weighted by molar-refractivity contribution is 7.89.